The summed E-state index contributed by atoms with van der Waals surface area (Å²) in [5, 5.41) is 3.08. The van der Waals surface area contributed by atoms with Crippen LogP contribution < -0.4 is 5.32 Å². The molecule has 0 fully saturated rings. The minimum absolute atomic E-state index is 0.0567. The Morgan fingerprint density at radius 1 is 1.05 bits per heavy atom. The molecule has 2 nitrogen and oxygen atoms in total. The second-order valence-electron chi connectivity index (χ2n) is 5.50. The maximum atomic E-state index is 11.4. The quantitative estimate of drug-likeness (QED) is 0.887. The Bertz CT molecular complexity index is 606. The fourth-order valence-electron chi connectivity index (χ4n) is 3.22. The lowest BCUT2D eigenvalue weighted by Gasteiger charge is -2.32. The fourth-order valence-corrected chi connectivity index (χ4v) is 3.22. The largest absolute Gasteiger partial charge is 0.353 e. The van der Waals surface area contributed by atoms with Crippen molar-refractivity contribution in [1.29, 1.82) is 0 Å². The van der Waals surface area contributed by atoms with Gasteiger partial charge in [0.05, 0.1) is 0 Å². The van der Waals surface area contributed by atoms with E-state index in [1.54, 1.807) is 6.92 Å². The summed E-state index contributed by atoms with van der Waals surface area (Å²) in [6.07, 6.45) is 1.90. The van der Waals surface area contributed by atoms with Crippen molar-refractivity contribution in [3.63, 3.8) is 0 Å². The molecule has 2 heteroatoms. The highest BCUT2D eigenvalue weighted by Crippen LogP contribution is 2.36. The lowest BCUT2D eigenvalue weighted by molar-refractivity contribution is -0.119. The summed E-state index contributed by atoms with van der Waals surface area (Å²) in [6, 6.07) is 19.4. The van der Waals surface area contributed by atoms with E-state index in [1.807, 2.05) is 6.07 Å². The van der Waals surface area contributed by atoms with Crippen LogP contribution >= 0.6 is 0 Å². The smallest absolute Gasteiger partial charge is 0.217 e. The SMILES string of the molecule is CC(=O)N[C@@H]1Cc2ccccc2[C@@H](c2ccccc2)C1. The summed E-state index contributed by atoms with van der Waals surface area (Å²) < 4.78 is 0. The Hall–Kier alpha value is -2.09. The standard InChI is InChI=1S/C18H19NO/c1-13(20)19-16-11-15-9-5-6-10-17(15)18(12-16)14-7-3-2-4-8-14/h2-10,16,18H,11-12H2,1H3,(H,19,20)/t16-,18-/m1/s1. The van der Waals surface area contributed by atoms with Crippen molar-refractivity contribution < 1.29 is 4.79 Å². The molecule has 0 aliphatic heterocycles. The molecule has 0 heterocycles. The number of rotatable bonds is 2. The van der Waals surface area contributed by atoms with Gasteiger partial charge in [0.2, 0.25) is 5.91 Å². The number of hydrogen-bond donors (Lipinski definition) is 1. The van der Waals surface area contributed by atoms with Gasteiger partial charge in [-0.25, -0.2) is 0 Å². The summed E-state index contributed by atoms with van der Waals surface area (Å²) in [5.41, 5.74) is 4.08. The molecule has 1 N–H and O–H groups in total. The van der Waals surface area contributed by atoms with E-state index in [-0.39, 0.29) is 11.9 Å². The average Bonchev–Trinajstić information content (AvgIpc) is 2.47. The van der Waals surface area contributed by atoms with E-state index < -0.39 is 0 Å². The number of carbonyl (C=O) groups excluding carboxylic acids is 1. The highest BCUT2D eigenvalue weighted by molar-refractivity contribution is 5.73. The van der Waals surface area contributed by atoms with Crippen LogP contribution in [0.25, 0.3) is 0 Å². The van der Waals surface area contributed by atoms with Crippen molar-refractivity contribution >= 4 is 5.91 Å². The van der Waals surface area contributed by atoms with Gasteiger partial charge in [0.1, 0.15) is 0 Å². The van der Waals surface area contributed by atoms with Gasteiger partial charge in [0.15, 0.2) is 0 Å². The molecular formula is C18H19NO. The monoisotopic (exact) mass is 265 g/mol. The molecule has 1 aliphatic rings. The summed E-state index contributed by atoms with van der Waals surface area (Å²) in [6.45, 7) is 1.60. The van der Waals surface area contributed by atoms with Crippen molar-refractivity contribution in [3.05, 3.63) is 71.3 Å². The third-order valence-corrected chi connectivity index (χ3v) is 4.03. The van der Waals surface area contributed by atoms with E-state index >= 15 is 0 Å². The topological polar surface area (TPSA) is 29.1 Å². The fraction of sp³-hybridized carbons (Fsp3) is 0.278. The maximum absolute atomic E-state index is 11.4. The molecule has 2 aromatic carbocycles. The van der Waals surface area contributed by atoms with Gasteiger partial charge in [-0.1, -0.05) is 54.6 Å². The van der Waals surface area contributed by atoms with E-state index in [1.165, 1.54) is 16.7 Å². The van der Waals surface area contributed by atoms with Gasteiger partial charge < -0.3 is 5.32 Å². The van der Waals surface area contributed by atoms with Crippen LogP contribution in [0.1, 0.15) is 36.0 Å². The summed E-state index contributed by atoms with van der Waals surface area (Å²) in [5.74, 6) is 0.430. The predicted octanol–water partition coefficient (Wildman–Crippen LogP) is 3.27. The molecule has 1 aliphatic carbocycles. The predicted molar refractivity (Wildman–Crippen MR) is 80.7 cm³/mol. The van der Waals surface area contributed by atoms with Gasteiger partial charge in [-0.3, -0.25) is 4.79 Å². The molecular weight excluding hydrogens is 246 g/mol. The van der Waals surface area contributed by atoms with E-state index in [4.69, 9.17) is 0 Å². The van der Waals surface area contributed by atoms with E-state index in [0.717, 1.165) is 12.8 Å². The normalized spacial score (nSPS) is 21.1. The third kappa shape index (κ3) is 2.60. The van der Waals surface area contributed by atoms with Crippen molar-refractivity contribution in [1.82, 2.24) is 5.32 Å². The molecule has 0 radical (unpaired) electrons. The maximum Gasteiger partial charge on any atom is 0.217 e. The summed E-state index contributed by atoms with van der Waals surface area (Å²) in [7, 11) is 0. The zero-order chi connectivity index (χ0) is 13.9. The molecule has 0 saturated carbocycles. The van der Waals surface area contributed by atoms with Gasteiger partial charge >= 0.3 is 0 Å². The lowest BCUT2D eigenvalue weighted by atomic mass is 9.77. The summed E-state index contributed by atoms with van der Waals surface area (Å²) >= 11 is 0. The van der Waals surface area contributed by atoms with Crippen LogP contribution in [0.15, 0.2) is 54.6 Å². The first-order chi connectivity index (χ1) is 9.74. The zero-order valence-electron chi connectivity index (χ0n) is 11.7. The van der Waals surface area contributed by atoms with Gasteiger partial charge in [-0.15, -0.1) is 0 Å². The molecule has 2 atom stereocenters. The Balaban J connectivity index is 1.97. The third-order valence-electron chi connectivity index (χ3n) is 4.03. The highest BCUT2D eigenvalue weighted by atomic mass is 16.1. The van der Waals surface area contributed by atoms with E-state index in [0.29, 0.717) is 5.92 Å². The van der Waals surface area contributed by atoms with Crippen LogP contribution in [0.2, 0.25) is 0 Å². The minimum Gasteiger partial charge on any atom is -0.353 e. The van der Waals surface area contributed by atoms with Crippen LogP contribution in [0.5, 0.6) is 0 Å². The van der Waals surface area contributed by atoms with Crippen LogP contribution in [-0.2, 0) is 11.2 Å². The molecule has 2 aromatic rings. The Morgan fingerprint density at radius 2 is 1.75 bits per heavy atom. The molecule has 0 bridgehead atoms. The minimum atomic E-state index is 0.0567. The Labute approximate surface area is 119 Å². The van der Waals surface area contributed by atoms with Crippen molar-refractivity contribution in [3.8, 4) is 0 Å². The lowest BCUT2D eigenvalue weighted by Crippen LogP contribution is -2.39. The van der Waals surface area contributed by atoms with Crippen LogP contribution in [-0.4, -0.2) is 11.9 Å². The highest BCUT2D eigenvalue weighted by Gasteiger charge is 2.27. The molecule has 3 rings (SSSR count). The first-order valence-corrected chi connectivity index (χ1v) is 7.14. The van der Waals surface area contributed by atoms with Gasteiger partial charge in [-0.05, 0) is 29.5 Å². The van der Waals surface area contributed by atoms with Crippen molar-refractivity contribution in [2.75, 3.05) is 0 Å². The first kappa shape index (κ1) is 12.9. The molecule has 0 unspecified atom stereocenters. The van der Waals surface area contributed by atoms with Gasteiger partial charge in [0.25, 0.3) is 0 Å². The van der Waals surface area contributed by atoms with E-state index in [9.17, 15) is 4.79 Å². The van der Waals surface area contributed by atoms with Crippen LogP contribution in [0, 0.1) is 0 Å². The van der Waals surface area contributed by atoms with Crippen molar-refractivity contribution in [2.24, 2.45) is 0 Å². The molecule has 102 valence electrons. The Morgan fingerprint density at radius 3 is 2.50 bits per heavy atom. The second kappa shape index (κ2) is 5.49. The van der Waals surface area contributed by atoms with Crippen molar-refractivity contribution in [2.45, 2.75) is 31.7 Å². The number of carbonyl (C=O) groups is 1. The molecule has 0 spiro atoms. The first-order valence-electron chi connectivity index (χ1n) is 7.14. The molecule has 0 aromatic heterocycles. The number of hydrogen-bond acceptors (Lipinski definition) is 1. The zero-order valence-corrected chi connectivity index (χ0v) is 11.7. The van der Waals surface area contributed by atoms with Crippen LogP contribution in [0.3, 0.4) is 0 Å². The van der Waals surface area contributed by atoms with E-state index in [2.05, 4.69) is 53.8 Å². The number of nitrogens with one attached hydrogen (secondary N) is 1. The molecule has 0 saturated heterocycles. The Kier molecular flexibility index (Phi) is 3.55. The number of amides is 1. The summed E-state index contributed by atoms with van der Waals surface area (Å²) in [4.78, 5) is 11.4. The number of fused-ring (bicyclic) bond motifs is 1. The van der Waals surface area contributed by atoms with Crippen LogP contribution in [0.4, 0.5) is 0 Å². The second-order valence-corrected chi connectivity index (χ2v) is 5.50. The number of benzene rings is 2. The molecule has 20 heavy (non-hydrogen) atoms. The van der Waals surface area contributed by atoms with Gasteiger partial charge in [-0.2, -0.15) is 0 Å². The molecule has 1 amide bonds. The average molecular weight is 265 g/mol. The van der Waals surface area contributed by atoms with Gasteiger partial charge in [0, 0.05) is 18.9 Å².